The fraction of sp³-hybridized carbons (Fsp3) is 0.182. The van der Waals surface area contributed by atoms with Gasteiger partial charge in [-0.05, 0) is 57.9 Å². The monoisotopic (exact) mass is 493 g/mol. The molecule has 150 valence electrons. The van der Waals surface area contributed by atoms with Crippen molar-refractivity contribution < 1.29 is 14.4 Å². The largest absolute Gasteiger partial charge is 0.496 e. The van der Waals surface area contributed by atoms with Gasteiger partial charge in [-0.1, -0.05) is 52.6 Å². The van der Waals surface area contributed by atoms with Crippen molar-refractivity contribution in [1.82, 2.24) is 0 Å². The minimum absolute atomic E-state index is 0.0456. The molecule has 0 N–H and O–H groups in total. The number of ketones is 1. The Morgan fingerprint density at radius 1 is 1.17 bits per heavy atom. The summed E-state index contributed by atoms with van der Waals surface area (Å²) in [6.45, 7) is 1.97. The highest BCUT2D eigenvalue weighted by molar-refractivity contribution is 9.10. The van der Waals surface area contributed by atoms with Crippen LogP contribution in [0.4, 0.5) is 0 Å². The van der Waals surface area contributed by atoms with Crippen LogP contribution in [0.5, 0.6) is 5.75 Å². The van der Waals surface area contributed by atoms with E-state index in [1.54, 1.807) is 38.3 Å². The number of Topliss-reactive ketones (excluding diaryl/α,β-unsaturated/α-hetero) is 1. The van der Waals surface area contributed by atoms with E-state index in [1.807, 2.05) is 24.3 Å². The molecule has 3 rings (SSSR count). The normalized spacial score (nSPS) is 12.3. The first-order chi connectivity index (χ1) is 13.9. The lowest BCUT2D eigenvalue weighted by Crippen LogP contribution is -2.12. The van der Waals surface area contributed by atoms with Gasteiger partial charge in [-0.25, -0.2) is 0 Å². The number of methoxy groups -OCH3 is 1. The standard InChI is InChI=1S/C22H18BrCl2NO3/c1-13(11-26-29-12-16-3-6-17(24)10-19(16)25)22(27)15-4-7-18-14(9-15)5-8-20(28-2)21(18)23/h3-11,13H,12H2,1-2H3/b26-11+. The van der Waals surface area contributed by atoms with Crippen LogP contribution in [0.3, 0.4) is 0 Å². The molecule has 3 aromatic rings. The second kappa shape index (κ2) is 9.61. The van der Waals surface area contributed by atoms with E-state index in [2.05, 4.69) is 21.1 Å². The van der Waals surface area contributed by atoms with Crippen molar-refractivity contribution in [3.63, 3.8) is 0 Å². The van der Waals surface area contributed by atoms with Crippen molar-refractivity contribution in [2.24, 2.45) is 11.1 Å². The number of carbonyl (C=O) groups excluding carboxylic acids is 1. The van der Waals surface area contributed by atoms with Gasteiger partial charge in [-0.15, -0.1) is 0 Å². The molecule has 0 saturated heterocycles. The van der Waals surface area contributed by atoms with Crippen molar-refractivity contribution in [1.29, 1.82) is 0 Å². The summed E-state index contributed by atoms with van der Waals surface area (Å²) in [5.41, 5.74) is 1.37. The Morgan fingerprint density at radius 3 is 2.69 bits per heavy atom. The van der Waals surface area contributed by atoms with Crippen molar-refractivity contribution in [3.8, 4) is 5.75 Å². The Kier molecular flexibility index (Phi) is 7.17. The van der Waals surface area contributed by atoms with E-state index in [9.17, 15) is 4.79 Å². The quantitative estimate of drug-likeness (QED) is 0.203. The Hall–Kier alpha value is -2.08. The molecule has 7 heteroatoms. The number of hydrogen-bond acceptors (Lipinski definition) is 4. The molecule has 0 heterocycles. The van der Waals surface area contributed by atoms with E-state index in [0.29, 0.717) is 15.6 Å². The van der Waals surface area contributed by atoms with Crippen LogP contribution in [0.1, 0.15) is 22.8 Å². The van der Waals surface area contributed by atoms with Crippen LogP contribution in [-0.2, 0) is 11.4 Å². The lowest BCUT2D eigenvalue weighted by atomic mass is 9.97. The van der Waals surface area contributed by atoms with Crippen LogP contribution in [0.2, 0.25) is 10.0 Å². The molecule has 0 spiro atoms. The maximum absolute atomic E-state index is 12.7. The summed E-state index contributed by atoms with van der Waals surface area (Å²) in [5.74, 6) is 0.264. The van der Waals surface area contributed by atoms with Crippen molar-refractivity contribution >= 4 is 61.9 Å². The predicted molar refractivity (Wildman–Crippen MR) is 121 cm³/mol. The smallest absolute Gasteiger partial charge is 0.171 e. The molecule has 29 heavy (non-hydrogen) atoms. The van der Waals surface area contributed by atoms with Gasteiger partial charge in [0.2, 0.25) is 0 Å². The lowest BCUT2D eigenvalue weighted by molar-refractivity contribution is 0.0955. The number of ether oxygens (including phenoxy) is 1. The van der Waals surface area contributed by atoms with Gasteiger partial charge in [0, 0.05) is 21.2 Å². The van der Waals surface area contributed by atoms with Gasteiger partial charge in [0.15, 0.2) is 5.78 Å². The highest BCUT2D eigenvalue weighted by Gasteiger charge is 2.15. The first kappa shape index (κ1) is 21.6. The third-order valence-electron chi connectivity index (χ3n) is 4.43. The molecule has 0 radical (unpaired) electrons. The topological polar surface area (TPSA) is 47.9 Å². The number of fused-ring (bicyclic) bond motifs is 1. The van der Waals surface area contributed by atoms with Gasteiger partial charge >= 0.3 is 0 Å². The Balaban J connectivity index is 1.67. The summed E-state index contributed by atoms with van der Waals surface area (Å²) in [7, 11) is 1.62. The first-order valence-corrected chi connectivity index (χ1v) is 10.4. The van der Waals surface area contributed by atoms with Gasteiger partial charge < -0.3 is 9.57 Å². The third-order valence-corrected chi connectivity index (χ3v) is 5.84. The molecular formula is C22H18BrCl2NO3. The van der Waals surface area contributed by atoms with Crippen molar-refractivity contribution in [3.05, 3.63) is 74.2 Å². The Bertz CT molecular complexity index is 1090. The minimum atomic E-state index is -0.435. The van der Waals surface area contributed by atoms with Crippen LogP contribution in [0, 0.1) is 5.92 Å². The Morgan fingerprint density at radius 2 is 1.97 bits per heavy atom. The SMILES string of the molecule is COc1ccc2cc(C(=O)C(C)/C=N/OCc3ccc(Cl)cc3Cl)ccc2c1Br. The molecule has 0 aliphatic heterocycles. The van der Waals surface area contributed by atoms with E-state index < -0.39 is 5.92 Å². The fourth-order valence-electron chi connectivity index (χ4n) is 2.79. The molecule has 4 nitrogen and oxygen atoms in total. The summed E-state index contributed by atoms with van der Waals surface area (Å²) in [5, 5.41) is 6.90. The molecular weight excluding hydrogens is 477 g/mol. The van der Waals surface area contributed by atoms with E-state index >= 15 is 0 Å². The summed E-state index contributed by atoms with van der Waals surface area (Å²) in [4.78, 5) is 18.0. The number of hydrogen-bond donors (Lipinski definition) is 0. The van der Waals surface area contributed by atoms with Gasteiger partial charge in [0.25, 0.3) is 0 Å². The number of oxime groups is 1. The van der Waals surface area contributed by atoms with E-state index in [1.165, 1.54) is 6.21 Å². The molecule has 0 aliphatic carbocycles. The maximum Gasteiger partial charge on any atom is 0.171 e. The minimum Gasteiger partial charge on any atom is -0.496 e. The molecule has 0 saturated carbocycles. The zero-order valence-electron chi connectivity index (χ0n) is 15.8. The summed E-state index contributed by atoms with van der Waals surface area (Å²) < 4.78 is 6.17. The number of carbonyl (C=O) groups is 1. The fourth-order valence-corrected chi connectivity index (χ4v) is 3.91. The molecule has 1 unspecified atom stereocenters. The molecule has 3 aromatic carbocycles. The average molecular weight is 495 g/mol. The highest BCUT2D eigenvalue weighted by atomic mass is 79.9. The van der Waals surface area contributed by atoms with Gasteiger partial charge in [0.05, 0.1) is 23.7 Å². The van der Waals surface area contributed by atoms with Gasteiger partial charge in [0.1, 0.15) is 12.4 Å². The molecule has 0 aromatic heterocycles. The lowest BCUT2D eigenvalue weighted by Gasteiger charge is -2.10. The molecule has 0 aliphatic rings. The number of nitrogens with zero attached hydrogens (tertiary/aromatic N) is 1. The number of halogens is 3. The van der Waals surface area contributed by atoms with Crippen LogP contribution in [-0.4, -0.2) is 19.1 Å². The maximum atomic E-state index is 12.7. The molecule has 0 fully saturated rings. The molecule has 0 amide bonds. The van der Waals surface area contributed by atoms with Crippen LogP contribution >= 0.6 is 39.1 Å². The van der Waals surface area contributed by atoms with Crippen molar-refractivity contribution in [2.45, 2.75) is 13.5 Å². The first-order valence-electron chi connectivity index (χ1n) is 8.80. The molecule has 1 atom stereocenters. The predicted octanol–water partition coefficient (Wildman–Crippen LogP) is 6.94. The van der Waals surface area contributed by atoms with Crippen LogP contribution in [0.25, 0.3) is 10.8 Å². The third kappa shape index (κ3) is 5.10. The summed E-state index contributed by atoms with van der Waals surface area (Å²) in [6.07, 6.45) is 1.49. The zero-order chi connectivity index (χ0) is 21.0. The zero-order valence-corrected chi connectivity index (χ0v) is 18.9. The van der Waals surface area contributed by atoms with E-state index in [0.717, 1.165) is 26.6 Å². The summed E-state index contributed by atoms with van der Waals surface area (Å²) in [6, 6.07) is 14.5. The van der Waals surface area contributed by atoms with Gasteiger partial charge in [-0.3, -0.25) is 4.79 Å². The summed E-state index contributed by atoms with van der Waals surface area (Å²) >= 11 is 15.5. The second-order valence-corrected chi connectivity index (χ2v) is 8.07. The highest BCUT2D eigenvalue weighted by Crippen LogP contribution is 2.33. The van der Waals surface area contributed by atoms with Crippen molar-refractivity contribution in [2.75, 3.05) is 7.11 Å². The average Bonchev–Trinajstić information content (AvgIpc) is 2.71. The van der Waals surface area contributed by atoms with Crippen LogP contribution in [0.15, 0.2) is 58.2 Å². The van der Waals surface area contributed by atoms with E-state index in [4.69, 9.17) is 32.8 Å². The Labute approximate surface area is 187 Å². The number of rotatable bonds is 7. The molecule has 0 bridgehead atoms. The van der Waals surface area contributed by atoms with Crippen LogP contribution < -0.4 is 4.74 Å². The number of benzene rings is 3. The van der Waals surface area contributed by atoms with Gasteiger partial charge in [-0.2, -0.15) is 0 Å². The van der Waals surface area contributed by atoms with E-state index in [-0.39, 0.29) is 12.4 Å². The second-order valence-electron chi connectivity index (χ2n) is 6.43.